The quantitative estimate of drug-likeness (QED) is 0.656. The van der Waals surface area contributed by atoms with E-state index in [9.17, 15) is 0 Å². The molecule has 6 heteroatoms. The maximum Gasteiger partial charge on any atom is 0.155 e. The van der Waals surface area contributed by atoms with Gasteiger partial charge in [-0.2, -0.15) is 10.2 Å². The summed E-state index contributed by atoms with van der Waals surface area (Å²) < 4.78 is 1.65. The SMILES string of the molecule is Clc1ccc(N=Nc2cnc3ccnn3c2)cc1. The molecule has 1 aromatic carbocycles. The molecule has 0 radical (unpaired) electrons. The average Bonchev–Trinajstić information content (AvgIpc) is 2.85. The first kappa shape index (κ1) is 10.9. The molecule has 5 nitrogen and oxygen atoms in total. The van der Waals surface area contributed by atoms with Crippen molar-refractivity contribution in [1.82, 2.24) is 14.6 Å². The third kappa shape index (κ3) is 2.21. The van der Waals surface area contributed by atoms with Gasteiger partial charge in [-0.05, 0) is 24.3 Å². The Labute approximate surface area is 108 Å². The summed E-state index contributed by atoms with van der Waals surface area (Å²) in [6, 6.07) is 8.95. The van der Waals surface area contributed by atoms with Gasteiger partial charge in [-0.25, -0.2) is 9.50 Å². The van der Waals surface area contributed by atoms with Gasteiger partial charge < -0.3 is 0 Å². The lowest BCUT2D eigenvalue weighted by Gasteiger charge is -1.95. The van der Waals surface area contributed by atoms with Gasteiger partial charge in [-0.15, -0.1) is 5.11 Å². The monoisotopic (exact) mass is 257 g/mol. The highest BCUT2D eigenvalue weighted by molar-refractivity contribution is 6.30. The summed E-state index contributed by atoms with van der Waals surface area (Å²) in [5, 5.41) is 12.9. The summed E-state index contributed by atoms with van der Waals surface area (Å²) in [5.74, 6) is 0. The van der Waals surface area contributed by atoms with E-state index in [0.717, 1.165) is 11.3 Å². The third-order valence-corrected chi connectivity index (χ3v) is 2.59. The van der Waals surface area contributed by atoms with Crippen molar-refractivity contribution < 1.29 is 0 Å². The van der Waals surface area contributed by atoms with Crippen LogP contribution in [-0.4, -0.2) is 14.6 Å². The Bertz CT molecular complexity index is 702. The summed E-state index contributed by atoms with van der Waals surface area (Å²) in [7, 11) is 0. The van der Waals surface area contributed by atoms with E-state index in [1.807, 2.05) is 6.07 Å². The fraction of sp³-hybridized carbons (Fsp3) is 0. The van der Waals surface area contributed by atoms with Crippen LogP contribution < -0.4 is 0 Å². The van der Waals surface area contributed by atoms with Crippen molar-refractivity contribution in [3.8, 4) is 0 Å². The lowest BCUT2D eigenvalue weighted by atomic mass is 10.3. The van der Waals surface area contributed by atoms with Crippen molar-refractivity contribution in [2.45, 2.75) is 0 Å². The fourth-order valence-corrected chi connectivity index (χ4v) is 1.60. The van der Waals surface area contributed by atoms with Gasteiger partial charge in [0.05, 0.1) is 24.3 Å². The average molecular weight is 258 g/mol. The van der Waals surface area contributed by atoms with Gasteiger partial charge >= 0.3 is 0 Å². The zero-order valence-corrected chi connectivity index (χ0v) is 9.99. The summed E-state index contributed by atoms with van der Waals surface area (Å²) in [5.41, 5.74) is 2.15. The van der Waals surface area contributed by atoms with Crippen LogP contribution in [0.15, 0.2) is 59.2 Å². The number of benzene rings is 1. The van der Waals surface area contributed by atoms with Gasteiger partial charge in [-0.3, -0.25) is 0 Å². The lowest BCUT2D eigenvalue weighted by molar-refractivity contribution is 0.934. The zero-order chi connectivity index (χ0) is 12.4. The second kappa shape index (κ2) is 4.54. The van der Waals surface area contributed by atoms with Crippen LogP contribution >= 0.6 is 11.6 Å². The number of hydrogen-bond donors (Lipinski definition) is 0. The molecule has 2 aromatic heterocycles. The Kier molecular flexibility index (Phi) is 2.74. The Morgan fingerprint density at radius 2 is 1.78 bits per heavy atom. The first-order valence-corrected chi connectivity index (χ1v) is 5.66. The highest BCUT2D eigenvalue weighted by atomic mass is 35.5. The van der Waals surface area contributed by atoms with E-state index in [1.54, 1.807) is 47.4 Å². The molecule has 0 N–H and O–H groups in total. The van der Waals surface area contributed by atoms with Crippen LogP contribution in [0.4, 0.5) is 11.4 Å². The van der Waals surface area contributed by atoms with E-state index in [-0.39, 0.29) is 0 Å². The van der Waals surface area contributed by atoms with E-state index in [2.05, 4.69) is 20.3 Å². The van der Waals surface area contributed by atoms with Gasteiger partial charge in [0.25, 0.3) is 0 Å². The molecular weight excluding hydrogens is 250 g/mol. The van der Waals surface area contributed by atoms with Gasteiger partial charge in [0, 0.05) is 11.1 Å². The molecule has 0 saturated carbocycles. The van der Waals surface area contributed by atoms with E-state index in [4.69, 9.17) is 11.6 Å². The molecule has 18 heavy (non-hydrogen) atoms. The van der Waals surface area contributed by atoms with Crippen LogP contribution in [0.5, 0.6) is 0 Å². The molecule has 0 unspecified atom stereocenters. The van der Waals surface area contributed by atoms with Crippen LogP contribution in [0.25, 0.3) is 5.65 Å². The maximum atomic E-state index is 5.79. The summed E-state index contributed by atoms with van der Waals surface area (Å²) in [6.45, 7) is 0. The Morgan fingerprint density at radius 1 is 1.00 bits per heavy atom. The first-order chi connectivity index (χ1) is 8.81. The number of azo groups is 1. The molecule has 0 amide bonds. The molecular formula is C12H8ClN5. The normalized spacial score (nSPS) is 11.4. The second-order valence-electron chi connectivity index (χ2n) is 3.62. The molecule has 0 aliphatic heterocycles. The molecule has 3 rings (SSSR count). The minimum atomic E-state index is 0.640. The summed E-state index contributed by atoms with van der Waals surface area (Å²) >= 11 is 5.79. The predicted molar refractivity (Wildman–Crippen MR) is 68.6 cm³/mol. The molecule has 3 aromatic rings. The summed E-state index contributed by atoms with van der Waals surface area (Å²) in [6.07, 6.45) is 5.10. The van der Waals surface area contributed by atoms with Crippen molar-refractivity contribution in [1.29, 1.82) is 0 Å². The Balaban J connectivity index is 1.88. The van der Waals surface area contributed by atoms with E-state index < -0.39 is 0 Å². The van der Waals surface area contributed by atoms with Crippen molar-refractivity contribution in [2.24, 2.45) is 10.2 Å². The van der Waals surface area contributed by atoms with Crippen molar-refractivity contribution in [3.05, 3.63) is 53.9 Å². The van der Waals surface area contributed by atoms with Crippen LogP contribution in [0.2, 0.25) is 5.02 Å². The number of hydrogen-bond acceptors (Lipinski definition) is 4. The van der Waals surface area contributed by atoms with Gasteiger partial charge in [0.2, 0.25) is 0 Å². The van der Waals surface area contributed by atoms with Gasteiger partial charge in [-0.1, -0.05) is 11.6 Å². The molecule has 0 spiro atoms. The van der Waals surface area contributed by atoms with Crippen molar-refractivity contribution in [3.63, 3.8) is 0 Å². The number of nitrogens with zero attached hydrogens (tertiary/aromatic N) is 5. The lowest BCUT2D eigenvalue weighted by Crippen LogP contribution is -1.87. The van der Waals surface area contributed by atoms with Crippen molar-refractivity contribution in [2.75, 3.05) is 0 Å². The van der Waals surface area contributed by atoms with Crippen LogP contribution in [-0.2, 0) is 0 Å². The number of fused-ring (bicyclic) bond motifs is 1. The van der Waals surface area contributed by atoms with Crippen LogP contribution in [0, 0.1) is 0 Å². The fourth-order valence-electron chi connectivity index (χ4n) is 1.47. The molecule has 0 fully saturated rings. The molecule has 0 aliphatic carbocycles. The Hall–Kier alpha value is -2.27. The smallest absolute Gasteiger partial charge is 0.155 e. The zero-order valence-electron chi connectivity index (χ0n) is 9.23. The van der Waals surface area contributed by atoms with Crippen molar-refractivity contribution >= 4 is 28.6 Å². The van der Waals surface area contributed by atoms with Crippen LogP contribution in [0.3, 0.4) is 0 Å². The molecule has 0 saturated heterocycles. The largest absolute Gasteiger partial charge is 0.235 e. The third-order valence-electron chi connectivity index (χ3n) is 2.34. The molecule has 2 heterocycles. The molecule has 0 atom stereocenters. The number of aromatic nitrogens is 3. The molecule has 88 valence electrons. The topological polar surface area (TPSA) is 54.9 Å². The molecule has 0 aliphatic rings. The maximum absolute atomic E-state index is 5.79. The predicted octanol–water partition coefficient (Wildman–Crippen LogP) is 3.80. The minimum Gasteiger partial charge on any atom is -0.235 e. The highest BCUT2D eigenvalue weighted by Gasteiger charge is 1.96. The Morgan fingerprint density at radius 3 is 2.61 bits per heavy atom. The number of rotatable bonds is 2. The second-order valence-corrected chi connectivity index (χ2v) is 4.06. The standard InChI is InChI=1S/C12H8ClN5/c13-9-1-3-10(4-2-9)16-17-11-7-14-12-5-6-15-18(12)8-11/h1-8H. The number of halogens is 1. The minimum absolute atomic E-state index is 0.640. The first-order valence-electron chi connectivity index (χ1n) is 5.28. The highest BCUT2D eigenvalue weighted by Crippen LogP contribution is 2.19. The molecule has 0 bridgehead atoms. The van der Waals surface area contributed by atoms with Gasteiger partial charge in [0.15, 0.2) is 5.65 Å². The summed E-state index contributed by atoms with van der Waals surface area (Å²) in [4.78, 5) is 4.19. The van der Waals surface area contributed by atoms with Crippen LogP contribution in [0.1, 0.15) is 0 Å². The van der Waals surface area contributed by atoms with E-state index >= 15 is 0 Å². The van der Waals surface area contributed by atoms with E-state index in [0.29, 0.717) is 10.7 Å². The van der Waals surface area contributed by atoms with E-state index in [1.165, 1.54) is 0 Å². The van der Waals surface area contributed by atoms with Gasteiger partial charge in [0.1, 0.15) is 5.69 Å².